The van der Waals surface area contributed by atoms with Crippen LogP contribution in [0.3, 0.4) is 0 Å². The van der Waals surface area contributed by atoms with Gasteiger partial charge in [0.25, 0.3) is 0 Å². The van der Waals surface area contributed by atoms with E-state index < -0.39 is 0 Å². The Labute approximate surface area is 123 Å². The predicted octanol–water partition coefficient (Wildman–Crippen LogP) is 2.90. The third-order valence-corrected chi connectivity index (χ3v) is 5.38. The second kappa shape index (κ2) is 6.14. The van der Waals surface area contributed by atoms with E-state index in [0.29, 0.717) is 0 Å². The molecule has 20 heavy (non-hydrogen) atoms. The van der Waals surface area contributed by atoms with Crippen molar-refractivity contribution in [2.75, 3.05) is 6.54 Å². The molecule has 1 saturated carbocycles. The maximum absolute atomic E-state index is 12.5. The van der Waals surface area contributed by atoms with Crippen molar-refractivity contribution < 1.29 is 9.90 Å². The highest BCUT2D eigenvalue weighted by Crippen LogP contribution is 2.34. The highest BCUT2D eigenvalue weighted by atomic mass is 32.1. The zero-order chi connectivity index (χ0) is 13.9. The number of thiophene rings is 1. The summed E-state index contributed by atoms with van der Waals surface area (Å²) >= 11 is 1.73. The van der Waals surface area contributed by atoms with Crippen LogP contribution in [0.15, 0.2) is 17.5 Å². The fourth-order valence-corrected chi connectivity index (χ4v) is 4.14. The molecule has 1 aromatic heterocycles. The van der Waals surface area contributed by atoms with Crippen LogP contribution in [0.2, 0.25) is 0 Å². The number of carbonyl (C=O) groups excluding carboxylic acids is 1. The number of urea groups is 1. The molecule has 1 atom stereocenters. The molecule has 2 fully saturated rings. The highest BCUT2D eigenvalue weighted by Gasteiger charge is 2.32. The van der Waals surface area contributed by atoms with E-state index in [1.807, 2.05) is 4.90 Å². The Balaban J connectivity index is 1.59. The molecule has 4 nitrogen and oxygen atoms in total. The summed E-state index contributed by atoms with van der Waals surface area (Å²) in [5, 5.41) is 14.7. The summed E-state index contributed by atoms with van der Waals surface area (Å²) < 4.78 is 0. The summed E-state index contributed by atoms with van der Waals surface area (Å²) in [6.45, 7) is 0.851. The first kappa shape index (κ1) is 13.9. The Morgan fingerprint density at radius 3 is 2.80 bits per heavy atom. The van der Waals surface area contributed by atoms with Gasteiger partial charge >= 0.3 is 6.03 Å². The molecular weight excluding hydrogens is 272 g/mol. The fourth-order valence-electron chi connectivity index (χ4n) is 3.26. The minimum atomic E-state index is -0.172. The molecule has 1 saturated heterocycles. The molecule has 0 spiro atoms. The smallest absolute Gasteiger partial charge is 0.318 e. The minimum Gasteiger partial charge on any atom is -0.393 e. The SMILES string of the molecule is O=C(NC1CCC(O)CC1)N1CCC[C@@H]1c1cccs1. The van der Waals surface area contributed by atoms with Crippen LogP contribution in [0.25, 0.3) is 0 Å². The summed E-state index contributed by atoms with van der Waals surface area (Å²) in [6, 6.07) is 4.73. The van der Waals surface area contributed by atoms with Gasteiger partial charge in [0.05, 0.1) is 12.1 Å². The Bertz CT molecular complexity index is 441. The monoisotopic (exact) mass is 294 g/mol. The standard InChI is InChI=1S/C15H22N2O2S/c18-12-7-5-11(6-8-12)16-15(19)17-9-1-3-13(17)14-4-2-10-20-14/h2,4,10-13,18H,1,3,5-9H2,(H,16,19)/t11?,12?,13-/m1/s1. The van der Waals surface area contributed by atoms with Gasteiger partial charge in [-0.15, -0.1) is 11.3 Å². The fraction of sp³-hybridized carbons (Fsp3) is 0.667. The van der Waals surface area contributed by atoms with Crippen LogP contribution in [0.4, 0.5) is 4.79 Å². The molecule has 2 amide bonds. The normalized spacial score (nSPS) is 30.4. The van der Waals surface area contributed by atoms with Crippen molar-refractivity contribution in [3.05, 3.63) is 22.4 Å². The van der Waals surface area contributed by atoms with Gasteiger partial charge in [0, 0.05) is 17.5 Å². The van der Waals surface area contributed by atoms with Crippen molar-refractivity contribution in [2.45, 2.75) is 56.7 Å². The number of aliphatic hydroxyl groups excluding tert-OH is 1. The number of nitrogens with one attached hydrogen (secondary N) is 1. The molecule has 0 aromatic carbocycles. The highest BCUT2D eigenvalue weighted by molar-refractivity contribution is 7.10. The van der Waals surface area contributed by atoms with Gasteiger partial charge in [0.2, 0.25) is 0 Å². The minimum absolute atomic E-state index is 0.0716. The van der Waals surface area contributed by atoms with Gasteiger partial charge < -0.3 is 15.3 Å². The van der Waals surface area contributed by atoms with E-state index in [0.717, 1.165) is 45.1 Å². The molecule has 3 rings (SSSR count). The summed E-state index contributed by atoms with van der Waals surface area (Å²) in [5.74, 6) is 0. The maximum atomic E-state index is 12.5. The Kier molecular flexibility index (Phi) is 4.27. The molecule has 0 radical (unpaired) electrons. The van der Waals surface area contributed by atoms with Crippen LogP contribution in [0.1, 0.15) is 49.4 Å². The molecular formula is C15H22N2O2S. The molecule has 2 N–H and O–H groups in total. The zero-order valence-electron chi connectivity index (χ0n) is 11.6. The molecule has 2 aliphatic rings. The Morgan fingerprint density at radius 1 is 1.30 bits per heavy atom. The van der Waals surface area contributed by atoms with Crippen LogP contribution in [0, 0.1) is 0 Å². The summed E-state index contributed by atoms with van der Waals surface area (Å²) in [6.07, 6.45) is 5.37. The molecule has 0 bridgehead atoms. The van der Waals surface area contributed by atoms with E-state index in [4.69, 9.17) is 0 Å². The number of rotatable bonds is 2. The van der Waals surface area contributed by atoms with E-state index in [9.17, 15) is 9.90 Å². The third kappa shape index (κ3) is 2.99. The van der Waals surface area contributed by atoms with Gasteiger partial charge in [-0.3, -0.25) is 0 Å². The van der Waals surface area contributed by atoms with Crippen molar-refractivity contribution in [3.8, 4) is 0 Å². The molecule has 110 valence electrons. The Morgan fingerprint density at radius 2 is 2.10 bits per heavy atom. The number of carbonyl (C=O) groups is 1. The van der Waals surface area contributed by atoms with Gasteiger partial charge in [-0.2, -0.15) is 0 Å². The molecule has 1 aliphatic heterocycles. The zero-order valence-corrected chi connectivity index (χ0v) is 12.4. The van der Waals surface area contributed by atoms with Crippen molar-refractivity contribution >= 4 is 17.4 Å². The van der Waals surface area contributed by atoms with Gasteiger partial charge in [-0.1, -0.05) is 6.07 Å². The first-order valence-corrected chi connectivity index (χ1v) is 8.40. The summed E-state index contributed by atoms with van der Waals surface area (Å²) in [7, 11) is 0. The van der Waals surface area contributed by atoms with E-state index in [-0.39, 0.29) is 24.2 Å². The van der Waals surface area contributed by atoms with Crippen LogP contribution < -0.4 is 5.32 Å². The Hall–Kier alpha value is -1.07. The topological polar surface area (TPSA) is 52.6 Å². The lowest BCUT2D eigenvalue weighted by Gasteiger charge is -2.30. The second-order valence-electron chi connectivity index (χ2n) is 5.82. The third-order valence-electron chi connectivity index (χ3n) is 4.41. The average molecular weight is 294 g/mol. The number of nitrogens with zero attached hydrogens (tertiary/aromatic N) is 1. The molecule has 5 heteroatoms. The molecule has 2 heterocycles. The van der Waals surface area contributed by atoms with Crippen molar-refractivity contribution in [2.24, 2.45) is 0 Å². The average Bonchev–Trinajstić information content (AvgIpc) is 3.11. The van der Waals surface area contributed by atoms with E-state index in [1.54, 1.807) is 11.3 Å². The summed E-state index contributed by atoms with van der Waals surface area (Å²) in [4.78, 5) is 15.7. The van der Waals surface area contributed by atoms with Crippen LogP contribution in [-0.4, -0.2) is 34.7 Å². The first-order chi connectivity index (χ1) is 9.74. The van der Waals surface area contributed by atoms with Gasteiger partial charge in [0.15, 0.2) is 0 Å². The largest absolute Gasteiger partial charge is 0.393 e. The summed E-state index contributed by atoms with van der Waals surface area (Å²) in [5.41, 5.74) is 0. The van der Waals surface area contributed by atoms with Gasteiger partial charge in [-0.05, 0) is 50.0 Å². The number of hydrogen-bond donors (Lipinski definition) is 2. The molecule has 1 aromatic rings. The lowest BCUT2D eigenvalue weighted by Crippen LogP contribution is -2.46. The van der Waals surface area contributed by atoms with Crippen molar-refractivity contribution in [3.63, 3.8) is 0 Å². The molecule has 1 aliphatic carbocycles. The van der Waals surface area contributed by atoms with Gasteiger partial charge in [0.1, 0.15) is 0 Å². The lowest BCUT2D eigenvalue weighted by molar-refractivity contribution is 0.114. The quantitative estimate of drug-likeness (QED) is 0.881. The van der Waals surface area contributed by atoms with E-state index >= 15 is 0 Å². The van der Waals surface area contributed by atoms with Crippen molar-refractivity contribution in [1.29, 1.82) is 0 Å². The second-order valence-corrected chi connectivity index (χ2v) is 6.80. The van der Waals surface area contributed by atoms with Crippen LogP contribution in [0.5, 0.6) is 0 Å². The lowest BCUT2D eigenvalue weighted by atomic mass is 9.93. The number of hydrogen-bond acceptors (Lipinski definition) is 3. The maximum Gasteiger partial charge on any atom is 0.318 e. The number of amides is 2. The number of likely N-dealkylation sites (tertiary alicyclic amines) is 1. The first-order valence-electron chi connectivity index (χ1n) is 7.52. The number of aliphatic hydroxyl groups is 1. The molecule has 0 unspecified atom stereocenters. The van der Waals surface area contributed by atoms with E-state index in [1.165, 1.54) is 4.88 Å². The van der Waals surface area contributed by atoms with Crippen LogP contribution in [-0.2, 0) is 0 Å². The van der Waals surface area contributed by atoms with Crippen LogP contribution >= 0.6 is 11.3 Å². The van der Waals surface area contributed by atoms with E-state index in [2.05, 4.69) is 22.8 Å². The predicted molar refractivity (Wildman–Crippen MR) is 79.8 cm³/mol. The van der Waals surface area contributed by atoms with Crippen molar-refractivity contribution in [1.82, 2.24) is 10.2 Å². The van der Waals surface area contributed by atoms with Gasteiger partial charge in [-0.25, -0.2) is 4.79 Å².